The third kappa shape index (κ3) is 3.01. The number of halogens is 1. The van der Waals surface area contributed by atoms with Crippen molar-refractivity contribution < 1.29 is 9.47 Å². The van der Waals surface area contributed by atoms with E-state index in [4.69, 9.17) is 26.8 Å². The lowest BCUT2D eigenvalue weighted by atomic mass is 10.1. The summed E-state index contributed by atoms with van der Waals surface area (Å²) in [6.07, 6.45) is 0.747. The van der Waals surface area contributed by atoms with Crippen molar-refractivity contribution >= 4 is 11.6 Å². The lowest BCUT2D eigenvalue weighted by molar-refractivity contribution is 0.354. The predicted octanol–water partition coefficient (Wildman–Crippen LogP) is 2.33. The molecular formula is C11H16ClNO2. The molecule has 0 amide bonds. The first-order valence-electron chi connectivity index (χ1n) is 4.76. The van der Waals surface area contributed by atoms with Gasteiger partial charge in [-0.2, -0.15) is 0 Å². The maximum absolute atomic E-state index is 5.94. The van der Waals surface area contributed by atoms with Crippen molar-refractivity contribution in [1.82, 2.24) is 0 Å². The number of alkyl halides is 1. The molecule has 2 N–H and O–H groups in total. The summed E-state index contributed by atoms with van der Waals surface area (Å²) in [5, 5.41) is 0. The summed E-state index contributed by atoms with van der Waals surface area (Å²) < 4.78 is 10.3. The highest BCUT2D eigenvalue weighted by atomic mass is 35.5. The van der Waals surface area contributed by atoms with E-state index in [0.717, 1.165) is 12.0 Å². The van der Waals surface area contributed by atoms with E-state index in [1.165, 1.54) is 0 Å². The van der Waals surface area contributed by atoms with Crippen molar-refractivity contribution in [2.24, 2.45) is 5.73 Å². The van der Waals surface area contributed by atoms with Crippen LogP contribution >= 0.6 is 11.6 Å². The molecule has 0 bridgehead atoms. The fourth-order valence-corrected chi connectivity index (χ4v) is 1.60. The summed E-state index contributed by atoms with van der Waals surface area (Å²) in [6, 6.07) is 5.61. The average Bonchev–Trinajstić information content (AvgIpc) is 2.28. The van der Waals surface area contributed by atoms with Crippen LogP contribution in [0.5, 0.6) is 11.5 Å². The second kappa shape index (κ2) is 5.83. The van der Waals surface area contributed by atoms with Gasteiger partial charge in [0.25, 0.3) is 0 Å². The van der Waals surface area contributed by atoms with Gasteiger partial charge in [-0.05, 0) is 24.1 Å². The van der Waals surface area contributed by atoms with Crippen LogP contribution in [-0.2, 0) is 0 Å². The zero-order chi connectivity index (χ0) is 11.3. The average molecular weight is 230 g/mol. The van der Waals surface area contributed by atoms with Gasteiger partial charge in [-0.3, -0.25) is 0 Å². The van der Waals surface area contributed by atoms with Gasteiger partial charge in [0.2, 0.25) is 0 Å². The minimum absolute atomic E-state index is 0.0534. The highest BCUT2D eigenvalue weighted by Gasteiger charge is 2.09. The van der Waals surface area contributed by atoms with Crippen LogP contribution in [0.3, 0.4) is 0 Å². The zero-order valence-electron chi connectivity index (χ0n) is 9.00. The van der Waals surface area contributed by atoms with E-state index in [1.807, 2.05) is 18.2 Å². The van der Waals surface area contributed by atoms with Crippen LogP contribution in [0.25, 0.3) is 0 Å². The molecule has 0 heterocycles. The van der Waals surface area contributed by atoms with Crippen molar-refractivity contribution in [3.8, 4) is 11.5 Å². The number of benzene rings is 1. The first kappa shape index (κ1) is 12.1. The predicted molar refractivity (Wildman–Crippen MR) is 61.8 cm³/mol. The first-order valence-corrected chi connectivity index (χ1v) is 5.29. The monoisotopic (exact) mass is 229 g/mol. The normalized spacial score (nSPS) is 12.3. The Labute approximate surface area is 95.1 Å². The smallest absolute Gasteiger partial charge is 0.161 e. The molecule has 1 atom stereocenters. The molecule has 0 saturated carbocycles. The van der Waals surface area contributed by atoms with E-state index in [2.05, 4.69) is 0 Å². The van der Waals surface area contributed by atoms with Crippen LogP contribution < -0.4 is 15.2 Å². The molecule has 0 aliphatic carbocycles. The molecule has 0 radical (unpaired) electrons. The number of rotatable bonds is 5. The van der Waals surface area contributed by atoms with Crippen LogP contribution in [-0.4, -0.2) is 20.1 Å². The Balaban J connectivity index is 2.92. The number of hydrogen-bond donors (Lipinski definition) is 1. The van der Waals surface area contributed by atoms with Gasteiger partial charge in [-0.1, -0.05) is 6.07 Å². The summed E-state index contributed by atoms with van der Waals surface area (Å²) in [5.74, 6) is 1.95. The van der Waals surface area contributed by atoms with E-state index in [1.54, 1.807) is 14.2 Å². The molecule has 84 valence electrons. The first-order chi connectivity index (χ1) is 7.22. The second-order valence-electron chi connectivity index (χ2n) is 3.20. The minimum atomic E-state index is -0.0534. The molecule has 4 heteroatoms. The molecular weight excluding hydrogens is 214 g/mol. The highest BCUT2D eigenvalue weighted by Crippen LogP contribution is 2.30. The van der Waals surface area contributed by atoms with Crippen molar-refractivity contribution in [1.29, 1.82) is 0 Å². The van der Waals surface area contributed by atoms with E-state index < -0.39 is 0 Å². The third-order valence-corrected chi connectivity index (χ3v) is 2.47. The molecule has 0 unspecified atom stereocenters. The molecule has 0 aliphatic rings. The number of hydrogen-bond acceptors (Lipinski definition) is 3. The summed E-state index contributed by atoms with van der Waals surface area (Å²) in [5.41, 5.74) is 6.95. The molecule has 0 aromatic heterocycles. The molecule has 0 fully saturated rings. The third-order valence-electron chi connectivity index (χ3n) is 2.26. The summed E-state index contributed by atoms with van der Waals surface area (Å²) >= 11 is 5.64. The molecule has 15 heavy (non-hydrogen) atoms. The largest absolute Gasteiger partial charge is 0.493 e. The fraction of sp³-hybridized carbons (Fsp3) is 0.455. The van der Waals surface area contributed by atoms with Gasteiger partial charge in [0, 0.05) is 11.9 Å². The van der Waals surface area contributed by atoms with Crippen molar-refractivity contribution in [2.45, 2.75) is 12.5 Å². The van der Waals surface area contributed by atoms with Gasteiger partial charge in [0.05, 0.1) is 14.2 Å². The van der Waals surface area contributed by atoms with Crippen molar-refractivity contribution in [3.63, 3.8) is 0 Å². The van der Waals surface area contributed by atoms with Crippen LogP contribution in [0.15, 0.2) is 18.2 Å². The Morgan fingerprint density at radius 1 is 1.27 bits per heavy atom. The summed E-state index contributed by atoms with van der Waals surface area (Å²) in [4.78, 5) is 0. The Bertz CT molecular complexity index is 317. The highest BCUT2D eigenvalue weighted by molar-refractivity contribution is 6.17. The van der Waals surface area contributed by atoms with E-state index >= 15 is 0 Å². The maximum atomic E-state index is 5.94. The lowest BCUT2D eigenvalue weighted by Gasteiger charge is -2.13. The molecule has 1 aromatic rings. The quantitative estimate of drug-likeness (QED) is 0.789. The molecule has 1 aromatic carbocycles. The van der Waals surface area contributed by atoms with Crippen LogP contribution in [0.4, 0.5) is 0 Å². The maximum Gasteiger partial charge on any atom is 0.161 e. The van der Waals surface area contributed by atoms with Gasteiger partial charge < -0.3 is 15.2 Å². The fourth-order valence-electron chi connectivity index (χ4n) is 1.37. The van der Waals surface area contributed by atoms with Crippen LogP contribution in [0, 0.1) is 0 Å². The Morgan fingerprint density at radius 3 is 2.47 bits per heavy atom. The summed E-state index contributed by atoms with van der Waals surface area (Å²) in [6.45, 7) is 0. The Morgan fingerprint density at radius 2 is 1.93 bits per heavy atom. The van der Waals surface area contributed by atoms with E-state index in [9.17, 15) is 0 Å². The van der Waals surface area contributed by atoms with Gasteiger partial charge in [0.15, 0.2) is 11.5 Å². The van der Waals surface area contributed by atoms with Gasteiger partial charge in [0.1, 0.15) is 0 Å². The second-order valence-corrected chi connectivity index (χ2v) is 3.58. The number of ether oxygens (including phenoxy) is 2. The van der Waals surface area contributed by atoms with E-state index in [-0.39, 0.29) is 6.04 Å². The Hall–Kier alpha value is -0.930. The van der Waals surface area contributed by atoms with E-state index in [0.29, 0.717) is 17.4 Å². The lowest BCUT2D eigenvalue weighted by Crippen LogP contribution is -2.10. The molecule has 0 saturated heterocycles. The molecule has 0 spiro atoms. The topological polar surface area (TPSA) is 44.5 Å². The van der Waals surface area contributed by atoms with Crippen molar-refractivity contribution in [2.75, 3.05) is 20.1 Å². The van der Waals surface area contributed by atoms with Crippen LogP contribution in [0.1, 0.15) is 18.0 Å². The van der Waals surface area contributed by atoms with Gasteiger partial charge in [-0.25, -0.2) is 0 Å². The van der Waals surface area contributed by atoms with Gasteiger partial charge >= 0.3 is 0 Å². The van der Waals surface area contributed by atoms with Crippen LogP contribution in [0.2, 0.25) is 0 Å². The number of methoxy groups -OCH3 is 2. The standard InChI is InChI=1S/C11H16ClNO2/c1-14-10-4-3-8(7-11(10)15-2)9(13)5-6-12/h3-4,7,9H,5-6,13H2,1-2H3/t9-/m1/s1. The summed E-state index contributed by atoms with van der Waals surface area (Å²) in [7, 11) is 3.21. The Kier molecular flexibility index (Phi) is 4.72. The molecule has 1 rings (SSSR count). The molecule has 3 nitrogen and oxygen atoms in total. The SMILES string of the molecule is COc1ccc([C@H](N)CCCl)cc1OC. The zero-order valence-corrected chi connectivity index (χ0v) is 9.75. The van der Waals surface area contributed by atoms with Gasteiger partial charge in [-0.15, -0.1) is 11.6 Å². The molecule has 0 aliphatic heterocycles. The number of nitrogens with two attached hydrogens (primary N) is 1. The minimum Gasteiger partial charge on any atom is -0.493 e. The van der Waals surface area contributed by atoms with Crippen molar-refractivity contribution in [3.05, 3.63) is 23.8 Å².